The topological polar surface area (TPSA) is 125 Å². The molecule has 0 bridgehead atoms. The smallest absolute Gasteiger partial charge is 0.240 e. The van der Waals surface area contributed by atoms with E-state index in [-0.39, 0.29) is 17.3 Å². The fraction of sp³-hybridized carbons (Fsp3) is 0.462. The first-order chi connectivity index (χ1) is 9.81. The molecule has 1 aromatic carbocycles. The fourth-order valence-corrected chi connectivity index (χ4v) is 2.74. The molecule has 1 heterocycles. The van der Waals surface area contributed by atoms with E-state index in [9.17, 15) is 13.2 Å². The Morgan fingerprint density at radius 2 is 2.00 bits per heavy atom. The Morgan fingerprint density at radius 1 is 1.33 bits per heavy atom. The minimum absolute atomic E-state index is 0.0165. The number of carbonyl (C=O) groups is 1. The molecule has 21 heavy (non-hydrogen) atoms. The number of sulfonamides is 1. The van der Waals surface area contributed by atoms with Crippen LogP contribution in [0.3, 0.4) is 0 Å². The highest BCUT2D eigenvalue weighted by Crippen LogP contribution is 2.18. The number of ether oxygens (including phenoxy) is 1. The van der Waals surface area contributed by atoms with Gasteiger partial charge in [0.1, 0.15) is 0 Å². The van der Waals surface area contributed by atoms with Crippen LogP contribution >= 0.6 is 0 Å². The monoisotopic (exact) mass is 313 g/mol. The highest BCUT2D eigenvalue weighted by atomic mass is 32.2. The predicted molar refractivity (Wildman–Crippen MR) is 76.6 cm³/mol. The lowest BCUT2D eigenvalue weighted by molar-refractivity contribution is -0.129. The maximum Gasteiger partial charge on any atom is 0.240 e. The van der Waals surface area contributed by atoms with E-state index in [2.05, 4.69) is 5.32 Å². The first-order valence-electron chi connectivity index (χ1n) is 6.58. The number of nitrogens with one attached hydrogen (secondary N) is 1. The van der Waals surface area contributed by atoms with Gasteiger partial charge in [-0.2, -0.15) is 0 Å². The molecule has 0 saturated carbocycles. The van der Waals surface area contributed by atoms with Crippen molar-refractivity contribution in [3.63, 3.8) is 0 Å². The zero-order valence-corrected chi connectivity index (χ0v) is 12.4. The van der Waals surface area contributed by atoms with Crippen molar-refractivity contribution in [3.05, 3.63) is 29.8 Å². The van der Waals surface area contributed by atoms with E-state index in [1.54, 1.807) is 12.1 Å². The van der Waals surface area contributed by atoms with Crippen molar-refractivity contribution in [1.29, 1.82) is 0 Å². The summed E-state index contributed by atoms with van der Waals surface area (Å²) in [7, 11) is -3.75. The molecule has 0 radical (unpaired) electrons. The van der Waals surface area contributed by atoms with Crippen molar-refractivity contribution >= 4 is 15.9 Å². The molecule has 0 unspecified atom stereocenters. The van der Waals surface area contributed by atoms with E-state index in [0.29, 0.717) is 31.6 Å². The number of hydrogen-bond acceptors (Lipinski definition) is 5. The third-order valence-corrected chi connectivity index (χ3v) is 4.43. The molecule has 1 aliphatic heterocycles. The van der Waals surface area contributed by atoms with Crippen molar-refractivity contribution in [2.24, 2.45) is 10.9 Å². The standard InChI is InChI=1S/C13H19N3O4S/c14-13(4-6-20-7-5-13)12(17)16-9-10-2-1-3-11(8-10)21(15,18)19/h1-3,8H,4-7,9,14H2,(H,16,17)(H2,15,18,19). The summed E-state index contributed by atoms with van der Waals surface area (Å²) in [5.41, 5.74) is 5.78. The summed E-state index contributed by atoms with van der Waals surface area (Å²) < 4.78 is 27.7. The number of carbonyl (C=O) groups excluding carboxylic acids is 1. The molecule has 8 heteroatoms. The van der Waals surface area contributed by atoms with Crippen molar-refractivity contribution in [1.82, 2.24) is 5.32 Å². The summed E-state index contributed by atoms with van der Waals surface area (Å²) >= 11 is 0. The van der Waals surface area contributed by atoms with Gasteiger partial charge in [-0.1, -0.05) is 12.1 Å². The van der Waals surface area contributed by atoms with E-state index in [0.717, 1.165) is 0 Å². The largest absolute Gasteiger partial charge is 0.381 e. The van der Waals surface area contributed by atoms with Crippen LogP contribution in [0.2, 0.25) is 0 Å². The van der Waals surface area contributed by atoms with Crippen LogP contribution in [0.25, 0.3) is 0 Å². The van der Waals surface area contributed by atoms with E-state index in [4.69, 9.17) is 15.6 Å². The molecular formula is C13H19N3O4S. The highest BCUT2D eigenvalue weighted by molar-refractivity contribution is 7.89. The quantitative estimate of drug-likeness (QED) is 0.688. The Balaban J connectivity index is 2.01. The third-order valence-electron chi connectivity index (χ3n) is 3.52. The SMILES string of the molecule is NC1(C(=O)NCc2cccc(S(N)(=O)=O)c2)CCOCC1. The minimum atomic E-state index is -3.75. The lowest BCUT2D eigenvalue weighted by Gasteiger charge is -2.31. The van der Waals surface area contributed by atoms with Crippen molar-refractivity contribution < 1.29 is 17.9 Å². The number of primary sulfonamides is 1. The van der Waals surface area contributed by atoms with E-state index in [1.807, 2.05) is 0 Å². The second-order valence-electron chi connectivity index (χ2n) is 5.14. The molecule has 116 valence electrons. The van der Waals surface area contributed by atoms with Crippen LogP contribution in [0.1, 0.15) is 18.4 Å². The van der Waals surface area contributed by atoms with Gasteiger partial charge in [0.05, 0.1) is 10.4 Å². The zero-order chi connectivity index (χ0) is 15.5. The molecule has 1 fully saturated rings. The lowest BCUT2D eigenvalue weighted by atomic mass is 9.90. The van der Waals surface area contributed by atoms with Crippen molar-refractivity contribution in [2.45, 2.75) is 29.8 Å². The average molecular weight is 313 g/mol. The van der Waals surface area contributed by atoms with Gasteiger partial charge in [-0.3, -0.25) is 4.79 Å². The Kier molecular flexibility index (Phi) is 4.62. The van der Waals surface area contributed by atoms with Gasteiger partial charge in [-0.05, 0) is 30.5 Å². The molecule has 1 aromatic rings. The number of rotatable bonds is 4. The number of nitrogens with two attached hydrogens (primary N) is 2. The van der Waals surface area contributed by atoms with Crippen LogP contribution < -0.4 is 16.2 Å². The average Bonchev–Trinajstić information content (AvgIpc) is 2.45. The minimum Gasteiger partial charge on any atom is -0.381 e. The molecule has 0 aromatic heterocycles. The molecule has 0 atom stereocenters. The second-order valence-corrected chi connectivity index (χ2v) is 6.71. The van der Waals surface area contributed by atoms with Gasteiger partial charge < -0.3 is 15.8 Å². The maximum absolute atomic E-state index is 12.1. The molecule has 2 rings (SSSR count). The molecule has 0 aliphatic carbocycles. The maximum atomic E-state index is 12.1. The Morgan fingerprint density at radius 3 is 2.62 bits per heavy atom. The van der Waals surface area contributed by atoms with E-state index in [1.165, 1.54) is 12.1 Å². The van der Waals surface area contributed by atoms with Crippen molar-refractivity contribution in [3.8, 4) is 0 Å². The summed E-state index contributed by atoms with van der Waals surface area (Å²) in [6, 6.07) is 6.13. The van der Waals surface area contributed by atoms with Gasteiger partial charge in [0.25, 0.3) is 0 Å². The van der Waals surface area contributed by atoms with Gasteiger partial charge in [0.2, 0.25) is 15.9 Å². The number of hydrogen-bond donors (Lipinski definition) is 3. The second kappa shape index (κ2) is 6.10. The van der Waals surface area contributed by atoms with Gasteiger partial charge in [0.15, 0.2) is 0 Å². The summed E-state index contributed by atoms with van der Waals surface area (Å²) in [5, 5.41) is 7.80. The lowest BCUT2D eigenvalue weighted by Crippen LogP contribution is -2.56. The van der Waals surface area contributed by atoms with Crippen LogP contribution in [0.5, 0.6) is 0 Å². The molecular weight excluding hydrogens is 294 g/mol. The van der Waals surface area contributed by atoms with E-state index < -0.39 is 15.6 Å². The van der Waals surface area contributed by atoms with E-state index >= 15 is 0 Å². The summed E-state index contributed by atoms with van der Waals surface area (Å²) in [6.07, 6.45) is 0.937. The summed E-state index contributed by atoms with van der Waals surface area (Å²) in [6.45, 7) is 1.12. The van der Waals surface area contributed by atoms with Crippen LogP contribution in [0.4, 0.5) is 0 Å². The first-order valence-corrected chi connectivity index (χ1v) is 8.13. The molecule has 1 aliphatic rings. The van der Waals surface area contributed by atoms with Crippen molar-refractivity contribution in [2.75, 3.05) is 13.2 Å². The molecule has 5 N–H and O–H groups in total. The van der Waals surface area contributed by atoms with Gasteiger partial charge >= 0.3 is 0 Å². The van der Waals surface area contributed by atoms with Crippen LogP contribution in [0.15, 0.2) is 29.2 Å². The van der Waals surface area contributed by atoms with Crippen LogP contribution in [0, 0.1) is 0 Å². The number of amides is 1. The summed E-state index contributed by atoms with van der Waals surface area (Å²) in [4.78, 5) is 12.2. The summed E-state index contributed by atoms with van der Waals surface area (Å²) in [5.74, 6) is -0.258. The normalized spacial score (nSPS) is 18.2. The van der Waals surface area contributed by atoms with Crippen LogP contribution in [-0.4, -0.2) is 33.1 Å². The fourth-order valence-electron chi connectivity index (χ4n) is 2.15. The molecule has 0 spiro atoms. The Bertz CT molecular complexity index is 624. The van der Waals surface area contributed by atoms with Gasteiger partial charge in [-0.15, -0.1) is 0 Å². The van der Waals surface area contributed by atoms with Crippen LogP contribution in [-0.2, 0) is 26.1 Å². The zero-order valence-electron chi connectivity index (χ0n) is 11.5. The molecule has 1 amide bonds. The van der Waals surface area contributed by atoms with Gasteiger partial charge in [0, 0.05) is 19.8 Å². The number of benzene rings is 1. The molecule has 7 nitrogen and oxygen atoms in total. The first kappa shape index (κ1) is 15.9. The highest BCUT2D eigenvalue weighted by Gasteiger charge is 2.35. The third kappa shape index (κ3) is 4.01. The van der Waals surface area contributed by atoms with Gasteiger partial charge in [-0.25, -0.2) is 13.6 Å². The Labute approximate surface area is 123 Å². The predicted octanol–water partition coefficient (Wildman–Crippen LogP) is -0.542. The molecule has 1 saturated heterocycles. The Hall–Kier alpha value is -1.48.